The number of H-pyrrole nitrogens is 2. The van der Waals surface area contributed by atoms with Crippen LogP contribution in [-0.2, 0) is 4.79 Å². The molecule has 0 unspecified atom stereocenters. The van der Waals surface area contributed by atoms with Crippen LogP contribution in [0.15, 0.2) is 40.1 Å². The SMILES string of the molecule is Clc1cnc(Br)c2[nH]ccc12.O=C(O)C(=O)c1c[nH]c2c(Br)ncc(Cl)c12. The quantitative estimate of drug-likeness (QED) is 0.185. The lowest BCUT2D eigenvalue weighted by molar-refractivity contribution is -0.131. The standard InChI is InChI=1S/C9H4BrClN2O3.C7H4BrClN2/c10-8-6-5(4(11)2-13-8)3(1-12-6)7(14)9(15)16;8-7-6-4(1-2-10-6)5(9)3-11-7/h1-2,12H,(H,15,16);1-3,10H. The maximum Gasteiger partial charge on any atom is 0.377 e. The third-order valence-electron chi connectivity index (χ3n) is 3.56. The van der Waals surface area contributed by atoms with Crippen molar-refractivity contribution in [1.82, 2.24) is 19.9 Å². The molecule has 7 nitrogen and oxygen atoms in total. The van der Waals surface area contributed by atoms with Crippen molar-refractivity contribution in [2.45, 2.75) is 0 Å². The lowest BCUT2D eigenvalue weighted by Gasteiger charge is -1.98. The van der Waals surface area contributed by atoms with Crippen LogP contribution in [0.3, 0.4) is 0 Å². The summed E-state index contributed by atoms with van der Waals surface area (Å²) in [6.45, 7) is 0. The van der Waals surface area contributed by atoms with Gasteiger partial charge in [-0.3, -0.25) is 4.79 Å². The Hall–Kier alpha value is -1.94. The Morgan fingerprint density at radius 1 is 1.00 bits per heavy atom. The first kappa shape index (κ1) is 19.8. The monoisotopic (exact) mass is 532 g/mol. The normalized spacial score (nSPS) is 10.7. The van der Waals surface area contributed by atoms with E-state index in [0.29, 0.717) is 20.5 Å². The van der Waals surface area contributed by atoms with Crippen LogP contribution in [0.5, 0.6) is 0 Å². The highest BCUT2D eigenvalue weighted by Crippen LogP contribution is 2.30. The molecule has 4 rings (SSSR count). The Bertz CT molecular complexity index is 1150. The number of pyridine rings is 2. The lowest BCUT2D eigenvalue weighted by Crippen LogP contribution is -2.12. The van der Waals surface area contributed by atoms with E-state index in [4.69, 9.17) is 28.3 Å². The maximum atomic E-state index is 11.4. The number of carbonyl (C=O) groups excluding carboxylic acids is 1. The zero-order valence-corrected chi connectivity index (χ0v) is 17.7. The van der Waals surface area contributed by atoms with Crippen molar-refractivity contribution in [3.05, 3.63) is 55.7 Å². The van der Waals surface area contributed by atoms with E-state index in [9.17, 15) is 9.59 Å². The molecule has 0 aliphatic rings. The van der Waals surface area contributed by atoms with Gasteiger partial charge >= 0.3 is 5.97 Å². The number of nitrogens with one attached hydrogen (secondary N) is 2. The average Bonchev–Trinajstić information content (AvgIpc) is 3.29. The number of aliphatic carboxylic acids is 1. The summed E-state index contributed by atoms with van der Waals surface area (Å²) in [6.07, 6.45) is 6.12. The fraction of sp³-hybridized carbons (Fsp3) is 0. The topological polar surface area (TPSA) is 112 Å². The number of carboxylic acids is 1. The molecule has 4 aromatic rings. The Morgan fingerprint density at radius 3 is 2.26 bits per heavy atom. The summed E-state index contributed by atoms with van der Waals surface area (Å²) in [5, 5.41) is 10.9. The van der Waals surface area contributed by atoms with Crippen molar-refractivity contribution in [1.29, 1.82) is 0 Å². The number of carboxylic acid groups (broad SMARTS) is 1. The van der Waals surface area contributed by atoms with Gasteiger partial charge in [0.25, 0.3) is 5.78 Å². The minimum absolute atomic E-state index is 0.0237. The van der Waals surface area contributed by atoms with Crippen LogP contribution in [0.25, 0.3) is 21.8 Å². The molecule has 0 saturated heterocycles. The summed E-state index contributed by atoms with van der Waals surface area (Å²) in [4.78, 5) is 35.7. The molecule has 0 aromatic carbocycles. The molecule has 0 aliphatic carbocycles. The molecular weight excluding hydrogens is 527 g/mol. The molecule has 11 heteroatoms. The highest BCUT2D eigenvalue weighted by Gasteiger charge is 2.21. The van der Waals surface area contributed by atoms with E-state index in [1.807, 2.05) is 12.3 Å². The van der Waals surface area contributed by atoms with Gasteiger partial charge < -0.3 is 15.1 Å². The fourth-order valence-corrected chi connectivity index (χ4v) is 3.65. The number of ketones is 1. The van der Waals surface area contributed by atoms with Crippen molar-refractivity contribution in [3.63, 3.8) is 0 Å². The number of nitrogens with zero attached hydrogens (tertiary/aromatic N) is 2. The van der Waals surface area contributed by atoms with Crippen LogP contribution in [0, 0.1) is 0 Å². The zero-order valence-electron chi connectivity index (χ0n) is 13.1. The number of hydrogen-bond acceptors (Lipinski definition) is 4. The Kier molecular flexibility index (Phi) is 5.85. The van der Waals surface area contributed by atoms with Gasteiger partial charge in [0, 0.05) is 35.6 Å². The van der Waals surface area contributed by atoms with Crippen molar-refractivity contribution in [2.24, 2.45) is 0 Å². The second-order valence-corrected chi connectivity index (χ2v) is 7.46. The van der Waals surface area contributed by atoms with E-state index in [0.717, 1.165) is 15.5 Å². The summed E-state index contributed by atoms with van der Waals surface area (Å²) in [5.74, 6) is -2.53. The largest absolute Gasteiger partial charge is 0.475 e. The van der Waals surface area contributed by atoms with E-state index in [1.165, 1.54) is 12.4 Å². The van der Waals surface area contributed by atoms with Crippen LogP contribution in [0.2, 0.25) is 10.0 Å². The number of fused-ring (bicyclic) bond motifs is 2. The Labute approximate surface area is 178 Å². The minimum Gasteiger partial charge on any atom is -0.475 e. The van der Waals surface area contributed by atoms with Crippen LogP contribution in [0.1, 0.15) is 10.4 Å². The third kappa shape index (κ3) is 3.86. The summed E-state index contributed by atoms with van der Waals surface area (Å²) >= 11 is 18.2. The highest BCUT2D eigenvalue weighted by molar-refractivity contribution is 9.10. The predicted molar refractivity (Wildman–Crippen MR) is 110 cm³/mol. The lowest BCUT2D eigenvalue weighted by atomic mass is 10.1. The Morgan fingerprint density at radius 2 is 1.63 bits per heavy atom. The highest BCUT2D eigenvalue weighted by atomic mass is 79.9. The molecule has 27 heavy (non-hydrogen) atoms. The molecule has 4 heterocycles. The van der Waals surface area contributed by atoms with Gasteiger partial charge in [-0.15, -0.1) is 0 Å². The number of aromatic amines is 2. The molecule has 0 amide bonds. The first-order valence-corrected chi connectivity index (χ1v) is 9.51. The van der Waals surface area contributed by atoms with Crippen LogP contribution in [0.4, 0.5) is 0 Å². The summed E-state index contributed by atoms with van der Waals surface area (Å²) in [5.41, 5.74) is 1.46. The molecule has 4 aromatic heterocycles. The second kappa shape index (κ2) is 7.97. The van der Waals surface area contributed by atoms with Gasteiger partial charge in [-0.1, -0.05) is 23.2 Å². The molecule has 0 aliphatic heterocycles. The van der Waals surface area contributed by atoms with Gasteiger partial charge in [0.2, 0.25) is 0 Å². The number of carbonyl (C=O) groups is 2. The molecule has 0 atom stereocenters. The van der Waals surface area contributed by atoms with Gasteiger partial charge in [-0.2, -0.15) is 0 Å². The van der Waals surface area contributed by atoms with E-state index in [-0.39, 0.29) is 10.6 Å². The summed E-state index contributed by atoms with van der Waals surface area (Å²) in [6, 6.07) is 1.92. The number of aromatic nitrogens is 4. The van der Waals surface area contributed by atoms with Crippen LogP contribution < -0.4 is 0 Å². The van der Waals surface area contributed by atoms with Crippen molar-refractivity contribution in [2.75, 3.05) is 0 Å². The van der Waals surface area contributed by atoms with Crippen molar-refractivity contribution < 1.29 is 14.7 Å². The molecule has 0 bridgehead atoms. The number of halogens is 4. The van der Waals surface area contributed by atoms with E-state index in [1.54, 1.807) is 6.20 Å². The van der Waals surface area contributed by atoms with Crippen molar-refractivity contribution >= 4 is 88.6 Å². The molecule has 138 valence electrons. The number of hydrogen-bond donors (Lipinski definition) is 3. The van der Waals surface area contributed by atoms with E-state index in [2.05, 4.69) is 51.8 Å². The smallest absolute Gasteiger partial charge is 0.377 e. The van der Waals surface area contributed by atoms with Gasteiger partial charge in [0.15, 0.2) is 0 Å². The molecule has 0 saturated carbocycles. The fourth-order valence-electron chi connectivity index (χ4n) is 2.36. The molecule has 0 spiro atoms. The summed E-state index contributed by atoms with van der Waals surface area (Å²) < 4.78 is 1.26. The average molecular weight is 535 g/mol. The molecular formula is C16H8Br2Cl2N4O3. The predicted octanol–water partition coefficient (Wildman–Crippen LogP) is 5.22. The maximum absolute atomic E-state index is 11.4. The first-order chi connectivity index (χ1) is 12.8. The zero-order chi connectivity index (χ0) is 19.7. The molecule has 0 radical (unpaired) electrons. The van der Waals surface area contributed by atoms with Crippen LogP contribution in [-0.4, -0.2) is 36.8 Å². The number of Topliss-reactive ketones (excluding diaryl/α,β-unsaturated/α-hetero) is 1. The van der Waals surface area contributed by atoms with Gasteiger partial charge in [-0.05, 0) is 37.9 Å². The third-order valence-corrected chi connectivity index (χ3v) is 5.35. The molecule has 0 fully saturated rings. The Balaban J connectivity index is 0.000000166. The second-order valence-electron chi connectivity index (χ2n) is 5.15. The molecule has 3 N–H and O–H groups in total. The van der Waals surface area contributed by atoms with Gasteiger partial charge in [0.1, 0.15) is 9.21 Å². The first-order valence-electron chi connectivity index (χ1n) is 7.17. The van der Waals surface area contributed by atoms with Gasteiger partial charge in [-0.25, -0.2) is 14.8 Å². The van der Waals surface area contributed by atoms with E-state index < -0.39 is 11.8 Å². The van der Waals surface area contributed by atoms with Gasteiger partial charge in [0.05, 0.1) is 26.6 Å². The van der Waals surface area contributed by atoms with Crippen LogP contribution >= 0.6 is 55.1 Å². The van der Waals surface area contributed by atoms with Crippen molar-refractivity contribution in [3.8, 4) is 0 Å². The van der Waals surface area contributed by atoms with E-state index >= 15 is 0 Å². The minimum atomic E-state index is -1.52. The summed E-state index contributed by atoms with van der Waals surface area (Å²) in [7, 11) is 0. The number of rotatable bonds is 2.